The maximum absolute atomic E-state index is 12.7. The van der Waals surface area contributed by atoms with Crippen molar-refractivity contribution in [3.05, 3.63) is 35.4 Å². The molecule has 0 aliphatic carbocycles. The molecule has 0 fully saturated rings. The second kappa shape index (κ2) is 3.30. The van der Waals surface area contributed by atoms with Crippen molar-refractivity contribution in [3.63, 3.8) is 0 Å². The number of carbonyl (C=O) groups is 1. The van der Waals surface area contributed by atoms with Gasteiger partial charge in [0.05, 0.1) is 0 Å². The van der Waals surface area contributed by atoms with Crippen molar-refractivity contribution in [2.45, 2.75) is 6.42 Å². The molecule has 64 valence electrons. The van der Waals surface area contributed by atoms with Crippen LogP contribution in [0.1, 0.15) is 5.56 Å². The third-order valence-electron chi connectivity index (χ3n) is 1.34. The van der Waals surface area contributed by atoms with Crippen molar-refractivity contribution >= 4 is 5.97 Å². The Bertz CT molecular complexity index is 310. The first-order chi connectivity index (χ1) is 5.59. The molecule has 0 atom stereocenters. The molecule has 0 heterocycles. The SMILES string of the molecule is O=C([O-])Cc1cc(F)ccc1F. The van der Waals surface area contributed by atoms with Gasteiger partial charge in [0.2, 0.25) is 0 Å². The molecule has 0 aliphatic heterocycles. The fourth-order valence-electron chi connectivity index (χ4n) is 0.834. The van der Waals surface area contributed by atoms with E-state index in [-0.39, 0.29) is 5.56 Å². The first-order valence-corrected chi connectivity index (χ1v) is 3.23. The second-order valence-electron chi connectivity index (χ2n) is 2.28. The largest absolute Gasteiger partial charge is 0.550 e. The first-order valence-electron chi connectivity index (χ1n) is 3.23. The average molecular weight is 171 g/mol. The van der Waals surface area contributed by atoms with Gasteiger partial charge in [0.15, 0.2) is 0 Å². The predicted octanol–water partition coefficient (Wildman–Crippen LogP) is 0.257. The van der Waals surface area contributed by atoms with Crippen LogP contribution < -0.4 is 5.11 Å². The van der Waals surface area contributed by atoms with E-state index < -0.39 is 24.0 Å². The van der Waals surface area contributed by atoms with E-state index >= 15 is 0 Å². The van der Waals surface area contributed by atoms with Gasteiger partial charge in [0.1, 0.15) is 11.6 Å². The number of rotatable bonds is 2. The summed E-state index contributed by atoms with van der Waals surface area (Å²) >= 11 is 0. The van der Waals surface area contributed by atoms with Gasteiger partial charge in [-0.25, -0.2) is 8.78 Å². The Morgan fingerprint density at radius 2 is 2.08 bits per heavy atom. The highest BCUT2D eigenvalue weighted by atomic mass is 19.1. The quantitative estimate of drug-likeness (QED) is 0.640. The van der Waals surface area contributed by atoms with Crippen LogP contribution in [-0.4, -0.2) is 5.97 Å². The Labute approximate surface area is 67.4 Å². The average Bonchev–Trinajstić information content (AvgIpc) is 1.96. The molecule has 4 heteroatoms. The Kier molecular flexibility index (Phi) is 2.38. The smallest absolute Gasteiger partial charge is 0.126 e. The van der Waals surface area contributed by atoms with Crippen LogP contribution in [0, 0.1) is 11.6 Å². The van der Waals surface area contributed by atoms with E-state index in [1.807, 2.05) is 0 Å². The van der Waals surface area contributed by atoms with E-state index in [1.54, 1.807) is 0 Å². The molecule has 0 unspecified atom stereocenters. The fraction of sp³-hybridized carbons (Fsp3) is 0.125. The summed E-state index contributed by atoms with van der Waals surface area (Å²) in [5.41, 5.74) is -0.199. The van der Waals surface area contributed by atoms with Gasteiger partial charge in [-0.05, 0) is 23.8 Å². The van der Waals surface area contributed by atoms with Crippen LogP contribution in [0.4, 0.5) is 8.78 Å². The summed E-state index contributed by atoms with van der Waals surface area (Å²) in [4.78, 5) is 10.0. The van der Waals surface area contributed by atoms with Crippen molar-refractivity contribution < 1.29 is 18.7 Å². The predicted molar refractivity (Wildman–Crippen MR) is 35.1 cm³/mol. The van der Waals surface area contributed by atoms with Gasteiger partial charge in [0.25, 0.3) is 0 Å². The number of carboxylic acid groups (broad SMARTS) is 1. The van der Waals surface area contributed by atoms with E-state index in [4.69, 9.17) is 0 Å². The minimum Gasteiger partial charge on any atom is -0.550 e. The number of hydrogen-bond donors (Lipinski definition) is 0. The minimum absolute atomic E-state index is 0.199. The number of hydrogen-bond acceptors (Lipinski definition) is 2. The molecule has 0 aliphatic rings. The minimum atomic E-state index is -1.43. The zero-order chi connectivity index (χ0) is 9.14. The lowest BCUT2D eigenvalue weighted by Gasteiger charge is -2.03. The van der Waals surface area contributed by atoms with Crippen molar-refractivity contribution in [3.8, 4) is 0 Å². The normalized spacial score (nSPS) is 9.83. The molecular weight excluding hydrogens is 166 g/mol. The first kappa shape index (κ1) is 8.64. The van der Waals surface area contributed by atoms with Gasteiger partial charge < -0.3 is 9.90 Å². The highest BCUT2D eigenvalue weighted by Crippen LogP contribution is 2.09. The lowest BCUT2D eigenvalue weighted by molar-refractivity contribution is -0.304. The summed E-state index contributed by atoms with van der Waals surface area (Å²) in [5.74, 6) is -2.83. The monoisotopic (exact) mass is 171 g/mol. The third kappa shape index (κ3) is 2.02. The van der Waals surface area contributed by atoms with Crippen LogP contribution in [0.25, 0.3) is 0 Å². The molecule has 1 aromatic rings. The highest BCUT2D eigenvalue weighted by molar-refractivity contribution is 5.67. The Balaban J connectivity index is 2.97. The van der Waals surface area contributed by atoms with Crippen LogP contribution in [-0.2, 0) is 11.2 Å². The molecule has 2 nitrogen and oxygen atoms in total. The maximum Gasteiger partial charge on any atom is 0.126 e. The third-order valence-corrected chi connectivity index (χ3v) is 1.34. The lowest BCUT2D eigenvalue weighted by Crippen LogP contribution is -2.24. The standard InChI is InChI=1S/C8H6F2O2/c9-6-1-2-7(10)5(3-6)4-8(11)12/h1-3H,4H2,(H,11,12)/p-1. The number of carboxylic acids is 1. The van der Waals surface area contributed by atoms with E-state index in [0.717, 1.165) is 18.2 Å². The molecule has 0 radical (unpaired) electrons. The molecule has 0 N–H and O–H groups in total. The molecule has 0 aromatic heterocycles. The summed E-state index contributed by atoms with van der Waals surface area (Å²) in [6.07, 6.45) is -0.608. The topological polar surface area (TPSA) is 40.1 Å². The molecule has 12 heavy (non-hydrogen) atoms. The van der Waals surface area contributed by atoms with E-state index in [9.17, 15) is 18.7 Å². The van der Waals surface area contributed by atoms with Crippen molar-refractivity contribution in [2.24, 2.45) is 0 Å². The molecule has 0 saturated carbocycles. The summed E-state index contributed by atoms with van der Waals surface area (Å²) in [6, 6.07) is 2.65. The lowest BCUT2D eigenvalue weighted by atomic mass is 10.1. The van der Waals surface area contributed by atoms with Crippen LogP contribution in [0.3, 0.4) is 0 Å². The number of benzene rings is 1. The molecule has 0 spiro atoms. The van der Waals surface area contributed by atoms with E-state index in [0.29, 0.717) is 0 Å². The van der Waals surface area contributed by atoms with Crippen LogP contribution in [0.5, 0.6) is 0 Å². The summed E-state index contributed by atoms with van der Waals surface area (Å²) < 4.78 is 25.1. The number of halogens is 2. The summed E-state index contributed by atoms with van der Waals surface area (Å²) in [7, 11) is 0. The highest BCUT2D eigenvalue weighted by Gasteiger charge is 2.03. The number of carbonyl (C=O) groups excluding carboxylic acids is 1. The number of aliphatic carboxylic acids is 1. The van der Waals surface area contributed by atoms with Crippen molar-refractivity contribution in [2.75, 3.05) is 0 Å². The molecule has 1 aromatic carbocycles. The Morgan fingerprint density at radius 1 is 1.42 bits per heavy atom. The van der Waals surface area contributed by atoms with Crippen LogP contribution >= 0.6 is 0 Å². The van der Waals surface area contributed by atoms with Crippen molar-refractivity contribution in [1.82, 2.24) is 0 Å². The zero-order valence-electron chi connectivity index (χ0n) is 6.01. The van der Waals surface area contributed by atoms with E-state index in [2.05, 4.69) is 0 Å². The fourth-order valence-corrected chi connectivity index (χ4v) is 0.834. The summed E-state index contributed by atoms with van der Waals surface area (Å²) in [6.45, 7) is 0. The maximum atomic E-state index is 12.7. The van der Waals surface area contributed by atoms with Crippen molar-refractivity contribution in [1.29, 1.82) is 0 Å². The molecule has 1 rings (SSSR count). The van der Waals surface area contributed by atoms with Gasteiger partial charge >= 0.3 is 0 Å². The Morgan fingerprint density at radius 3 is 2.67 bits per heavy atom. The molecule has 0 bridgehead atoms. The van der Waals surface area contributed by atoms with Gasteiger partial charge in [-0.3, -0.25) is 0 Å². The zero-order valence-corrected chi connectivity index (χ0v) is 6.01. The Hall–Kier alpha value is -1.45. The molecular formula is C8H5F2O2-. The van der Waals surface area contributed by atoms with Gasteiger partial charge in [-0.2, -0.15) is 0 Å². The molecule has 0 saturated heterocycles. The van der Waals surface area contributed by atoms with E-state index in [1.165, 1.54) is 0 Å². The summed E-state index contributed by atoms with van der Waals surface area (Å²) in [5, 5.41) is 10.0. The second-order valence-corrected chi connectivity index (χ2v) is 2.28. The van der Waals surface area contributed by atoms with Gasteiger partial charge in [0, 0.05) is 12.4 Å². The van der Waals surface area contributed by atoms with Gasteiger partial charge in [-0.1, -0.05) is 0 Å². The molecule has 0 amide bonds. The van der Waals surface area contributed by atoms with Crippen LogP contribution in [0.15, 0.2) is 18.2 Å². The van der Waals surface area contributed by atoms with Gasteiger partial charge in [-0.15, -0.1) is 0 Å². The van der Waals surface area contributed by atoms with Crippen LogP contribution in [0.2, 0.25) is 0 Å².